The average molecular weight is 501 g/mol. The summed E-state index contributed by atoms with van der Waals surface area (Å²) in [4.78, 5) is 16.8. The smallest absolute Gasteiger partial charge is 0.323 e. The van der Waals surface area contributed by atoms with Crippen molar-refractivity contribution in [3.05, 3.63) is 18.2 Å². The van der Waals surface area contributed by atoms with E-state index in [2.05, 4.69) is 4.98 Å². The highest BCUT2D eigenvalue weighted by Crippen LogP contribution is 2.39. The Morgan fingerprint density at radius 1 is 1.29 bits per heavy atom. The third kappa shape index (κ3) is 4.93. The Labute approximate surface area is 196 Å². The molecule has 2 heterocycles. The molecule has 2 aromatic rings. The summed E-state index contributed by atoms with van der Waals surface area (Å²) in [5.41, 5.74) is 0.791. The van der Waals surface area contributed by atoms with Crippen LogP contribution in [0.15, 0.2) is 27.4 Å². The van der Waals surface area contributed by atoms with E-state index < -0.39 is 26.8 Å². The molecule has 170 valence electrons. The fourth-order valence-corrected chi connectivity index (χ4v) is 9.93. The number of fused-ring (bicyclic) bond motifs is 1. The van der Waals surface area contributed by atoms with E-state index in [4.69, 9.17) is 0 Å². The van der Waals surface area contributed by atoms with Crippen LogP contribution in [-0.4, -0.2) is 57.6 Å². The SMILES string of the molecule is CC1(C)SCCN(S(=O)(=O)c2ccc3nc(SCC4CCCCC4)sc3c2)[C@H]1C(=O)O. The van der Waals surface area contributed by atoms with Gasteiger partial charge in [0.25, 0.3) is 0 Å². The molecular formula is C21H28N2O4S4. The second kappa shape index (κ2) is 9.21. The first-order valence-corrected chi connectivity index (χ1v) is 14.8. The molecule has 31 heavy (non-hydrogen) atoms. The van der Waals surface area contributed by atoms with E-state index in [0.717, 1.165) is 30.5 Å². The Kier molecular flexibility index (Phi) is 6.94. The molecule has 2 aliphatic rings. The second-order valence-corrected chi connectivity index (χ2v) is 14.7. The molecule has 1 N–H and O–H groups in total. The first kappa shape index (κ1) is 23.4. The topological polar surface area (TPSA) is 87.6 Å². The first-order chi connectivity index (χ1) is 14.7. The van der Waals surface area contributed by atoms with Gasteiger partial charge in [0.15, 0.2) is 4.34 Å². The molecule has 1 saturated heterocycles. The van der Waals surface area contributed by atoms with Gasteiger partial charge in [-0.15, -0.1) is 11.3 Å². The number of sulfonamides is 1. The summed E-state index contributed by atoms with van der Waals surface area (Å²) in [6.07, 6.45) is 6.55. The van der Waals surface area contributed by atoms with Crippen LogP contribution in [0.1, 0.15) is 46.0 Å². The van der Waals surface area contributed by atoms with Crippen molar-refractivity contribution in [2.75, 3.05) is 18.1 Å². The summed E-state index contributed by atoms with van der Waals surface area (Å²) < 4.78 is 29.1. The second-order valence-electron chi connectivity index (χ2n) is 8.73. The highest BCUT2D eigenvalue weighted by molar-refractivity contribution is 8.01. The number of carboxylic acids is 1. The minimum Gasteiger partial charge on any atom is -0.480 e. The molecule has 0 radical (unpaired) electrons. The number of hydrogen-bond donors (Lipinski definition) is 1. The Hall–Kier alpha value is -0.810. The molecule has 4 rings (SSSR count). The van der Waals surface area contributed by atoms with Crippen molar-refractivity contribution < 1.29 is 18.3 Å². The van der Waals surface area contributed by atoms with E-state index in [1.165, 1.54) is 55.2 Å². The average Bonchev–Trinajstić information content (AvgIpc) is 3.14. The molecule has 6 nitrogen and oxygen atoms in total. The lowest BCUT2D eigenvalue weighted by Crippen LogP contribution is -2.58. The van der Waals surface area contributed by atoms with E-state index in [-0.39, 0.29) is 11.4 Å². The molecule has 1 aliphatic carbocycles. The molecule has 0 spiro atoms. The summed E-state index contributed by atoms with van der Waals surface area (Å²) in [6, 6.07) is 3.85. The minimum absolute atomic E-state index is 0.140. The quantitative estimate of drug-likeness (QED) is 0.562. The molecule has 0 unspecified atom stereocenters. The molecule has 1 aliphatic heterocycles. The fourth-order valence-electron chi connectivity index (χ4n) is 4.42. The summed E-state index contributed by atoms with van der Waals surface area (Å²) >= 11 is 4.78. The number of aromatic nitrogens is 1. The van der Waals surface area contributed by atoms with E-state index >= 15 is 0 Å². The highest BCUT2D eigenvalue weighted by Gasteiger charge is 2.48. The van der Waals surface area contributed by atoms with Crippen LogP contribution in [0.4, 0.5) is 0 Å². The van der Waals surface area contributed by atoms with Gasteiger partial charge >= 0.3 is 5.97 Å². The predicted molar refractivity (Wildman–Crippen MR) is 129 cm³/mol. The molecule has 0 bridgehead atoms. The molecule has 0 amide bonds. The molecule has 2 fully saturated rings. The maximum absolute atomic E-state index is 13.4. The van der Waals surface area contributed by atoms with Crippen LogP contribution in [0.25, 0.3) is 10.2 Å². The lowest BCUT2D eigenvalue weighted by Gasteiger charge is -2.42. The minimum atomic E-state index is -3.93. The monoisotopic (exact) mass is 500 g/mol. The molecule has 1 atom stereocenters. The summed E-state index contributed by atoms with van der Waals surface area (Å²) in [5.74, 6) is 1.27. The van der Waals surface area contributed by atoms with Gasteiger partial charge in [-0.3, -0.25) is 4.79 Å². The number of carboxylic acid groups (broad SMARTS) is 1. The zero-order valence-corrected chi connectivity index (χ0v) is 21.0. The van der Waals surface area contributed by atoms with Crippen molar-refractivity contribution in [3.63, 3.8) is 0 Å². The summed E-state index contributed by atoms with van der Waals surface area (Å²) in [5, 5.41) is 9.77. The van der Waals surface area contributed by atoms with Gasteiger partial charge < -0.3 is 5.11 Å². The molecule has 1 aromatic heterocycles. The van der Waals surface area contributed by atoms with Gasteiger partial charge in [0.1, 0.15) is 6.04 Å². The van der Waals surface area contributed by atoms with E-state index in [9.17, 15) is 18.3 Å². The van der Waals surface area contributed by atoms with Crippen molar-refractivity contribution in [1.29, 1.82) is 0 Å². The van der Waals surface area contributed by atoms with Crippen LogP contribution < -0.4 is 0 Å². The largest absolute Gasteiger partial charge is 0.480 e. The Bertz CT molecular complexity index is 1060. The number of rotatable bonds is 6. The zero-order chi connectivity index (χ0) is 22.2. The van der Waals surface area contributed by atoms with Crippen molar-refractivity contribution in [2.45, 2.75) is 66.0 Å². The van der Waals surface area contributed by atoms with Gasteiger partial charge in [-0.25, -0.2) is 13.4 Å². The van der Waals surface area contributed by atoms with Crippen molar-refractivity contribution in [3.8, 4) is 0 Å². The Morgan fingerprint density at radius 3 is 2.74 bits per heavy atom. The van der Waals surface area contributed by atoms with Crippen LogP contribution in [0.5, 0.6) is 0 Å². The number of aliphatic carboxylic acids is 1. The molecule has 1 saturated carbocycles. The number of thioether (sulfide) groups is 2. The number of thiazole rings is 1. The third-order valence-corrected chi connectivity index (χ3v) is 11.7. The lowest BCUT2D eigenvalue weighted by atomic mass is 9.91. The molecule has 10 heteroatoms. The van der Waals surface area contributed by atoms with Crippen LogP contribution in [0.3, 0.4) is 0 Å². The first-order valence-electron chi connectivity index (χ1n) is 10.6. The maximum Gasteiger partial charge on any atom is 0.323 e. The van der Waals surface area contributed by atoms with Crippen LogP contribution >= 0.6 is 34.9 Å². The predicted octanol–water partition coefficient (Wildman–Crippen LogP) is 4.94. The van der Waals surface area contributed by atoms with Crippen molar-refractivity contribution in [1.82, 2.24) is 9.29 Å². The summed E-state index contributed by atoms with van der Waals surface area (Å²) in [6.45, 7) is 3.78. The van der Waals surface area contributed by atoms with E-state index in [1.807, 2.05) is 0 Å². The van der Waals surface area contributed by atoms with Gasteiger partial charge in [-0.1, -0.05) is 31.0 Å². The Balaban J connectivity index is 1.57. The number of nitrogens with zero attached hydrogens (tertiary/aromatic N) is 2. The van der Waals surface area contributed by atoms with Gasteiger partial charge in [0.05, 0.1) is 15.1 Å². The van der Waals surface area contributed by atoms with Crippen molar-refractivity contribution in [2.24, 2.45) is 5.92 Å². The van der Waals surface area contributed by atoms with Crippen LogP contribution in [0, 0.1) is 5.92 Å². The van der Waals surface area contributed by atoms with E-state index in [1.54, 1.807) is 43.8 Å². The van der Waals surface area contributed by atoms with Crippen molar-refractivity contribution >= 4 is 61.1 Å². The fraction of sp³-hybridized carbons (Fsp3) is 0.619. The van der Waals surface area contributed by atoms with Crippen LogP contribution in [0.2, 0.25) is 0 Å². The van der Waals surface area contributed by atoms with Crippen LogP contribution in [-0.2, 0) is 14.8 Å². The maximum atomic E-state index is 13.4. The van der Waals surface area contributed by atoms with Gasteiger partial charge in [-0.05, 0) is 50.8 Å². The molecule has 1 aromatic carbocycles. The molecular weight excluding hydrogens is 473 g/mol. The zero-order valence-electron chi connectivity index (χ0n) is 17.7. The van der Waals surface area contributed by atoms with Gasteiger partial charge in [0.2, 0.25) is 10.0 Å². The van der Waals surface area contributed by atoms with E-state index in [0.29, 0.717) is 5.75 Å². The van der Waals surface area contributed by atoms with Gasteiger partial charge in [-0.2, -0.15) is 16.1 Å². The Morgan fingerprint density at radius 2 is 2.03 bits per heavy atom. The standard InChI is InChI=1S/C21H28N2O4S4/c1-21(2)18(19(24)25)23(10-11-29-21)31(26,27)15-8-9-16-17(12-15)30-20(22-16)28-13-14-6-4-3-5-7-14/h8-9,12,14,18H,3-7,10-11,13H2,1-2H3,(H,24,25)/t18-/m0/s1. The normalized spacial score (nSPS) is 23.2. The van der Waals surface area contributed by atoms with Gasteiger partial charge in [0, 0.05) is 22.8 Å². The third-order valence-electron chi connectivity index (χ3n) is 6.08. The number of benzene rings is 1. The number of carbonyl (C=O) groups is 1. The highest BCUT2D eigenvalue weighted by atomic mass is 32.2. The summed E-state index contributed by atoms with van der Waals surface area (Å²) in [7, 11) is -3.93. The number of hydrogen-bond acceptors (Lipinski definition) is 7. The lowest BCUT2D eigenvalue weighted by molar-refractivity contribution is -0.142.